The van der Waals surface area contributed by atoms with Gasteiger partial charge in [-0.3, -0.25) is 14.9 Å². The van der Waals surface area contributed by atoms with Crippen molar-refractivity contribution in [3.8, 4) is 23.4 Å². The van der Waals surface area contributed by atoms with Crippen LogP contribution in [0.4, 0.5) is 11.4 Å². The van der Waals surface area contributed by atoms with E-state index in [2.05, 4.69) is 10.3 Å². The highest BCUT2D eigenvalue weighted by Crippen LogP contribution is 2.27. The van der Waals surface area contributed by atoms with Crippen LogP contribution >= 0.6 is 0 Å². The molecule has 1 amide bonds. The van der Waals surface area contributed by atoms with Crippen molar-refractivity contribution in [1.29, 1.82) is 5.26 Å². The van der Waals surface area contributed by atoms with Gasteiger partial charge in [0, 0.05) is 34.9 Å². The zero-order chi connectivity index (χ0) is 26.5. The first kappa shape index (κ1) is 24.9. The van der Waals surface area contributed by atoms with Gasteiger partial charge in [0.1, 0.15) is 23.6 Å². The molecule has 0 fully saturated rings. The Labute approximate surface area is 213 Å². The summed E-state index contributed by atoms with van der Waals surface area (Å²) in [6, 6.07) is 21.3. The second kappa shape index (κ2) is 10.6. The number of para-hydroxylation sites is 1. The first-order valence-electron chi connectivity index (χ1n) is 11.3. The minimum Gasteiger partial charge on any atom is -0.439 e. The standard InChI is InChI=1S/C28H23N5O4/c1-18-6-4-5-7-26(18)31-28(34)22(16-29)15-21-14-19(2)32(20(21)3)23-8-11-25(12-9-23)37-27-13-10-24(17-30-27)33(35)36/h4-15,17H,1-3H3,(H,31,34)/b22-15-. The van der Waals surface area contributed by atoms with Crippen LogP contribution < -0.4 is 10.1 Å². The molecule has 0 radical (unpaired) electrons. The maximum atomic E-state index is 12.8. The molecule has 0 aliphatic rings. The number of ether oxygens (including phenoxy) is 1. The topological polar surface area (TPSA) is 123 Å². The lowest BCUT2D eigenvalue weighted by atomic mass is 10.1. The van der Waals surface area contributed by atoms with E-state index < -0.39 is 10.8 Å². The van der Waals surface area contributed by atoms with E-state index in [4.69, 9.17) is 4.74 Å². The molecule has 4 rings (SSSR count). The van der Waals surface area contributed by atoms with Gasteiger partial charge in [0.2, 0.25) is 5.88 Å². The summed E-state index contributed by atoms with van der Waals surface area (Å²) in [7, 11) is 0. The fraction of sp³-hybridized carbons (Fsp3) is 0.107. The van der Waals surface area contributed by atoms with Crippen LogP contribution in [0.3, 0.4) is 0 Å². The summed E-state index contributed by atoms with van der Waals surface area (Å²) in [5, 5.41) is 23.2. The lowest BCUT2D eigenvalue weighted by molar-refractivity contribution is -0.385. The number of hydrogen-bond donors (Lipinski definition) is 1. The fourth-order valence-corrected chi connectivity index (χ4v) is 3.86. The molecule has 2 aromatic heterocycles. The van der Waals surface area contributed by atoms with Crippen LogP contribution in [0.5, 0.6) is 11.6 Å². The molecule has 1 N–H and O–H groups in total. The molecule has 2 heterocycles. The third-order valence-electron chi connectivity index (χ3n) is 5.78. The predicted octanol–water partition coefficient (Wildman–Crippen LogP) is 6.04. The summed E-state index contributed by atoms with van der Waals surface area (Å²) in [6.07, 6.45) is 2.73. The molecule has 0 bridgehead atoms. The van der Waals surface area contributed by atoms with Crippen LogP contribution in [0.25, 0.3) is 11.8 Å². The van der Waals surface area contributed by atoms with Gasteiger partial charge in [-0.15, -0.1) is 0 Å². The van der Waals surface area contributed by atoms with E-state index in [1.807, 2.05) is 67.8 Å². The molecule has 0 spiro atoms. The molecule has 0 aliphatic carbocycles. The number of carbonyl (C=O) groups excluding carboxylic acids is 1. The van der Waals surface area contributed by atoms with Crippen molar-refractivity contribution in [2.45, 2.75) is 20.8 Å². The molecule has 0 unspecified atom stereocenters. The van der Waals surface area contributed by atoms with Crippen molar-refractivity contribution in [2.75, 3.05) is 5.32 Å². The quantitative estimate of drug-likeness (QED) is 0.145. The van der Waals surface area contributed by atoms with Crippen molar-refractivity contribution >= 4 is 23.4 Å². The zero-order valence-electron chi connectivity index (χ0n) is 20.4. The van der Waals surface area contributed by atoms with Crippen LogP contribution in [0, 0.1) is 42.2 Å². The molecule has 0 aliphatic heterocycles. The Balaban J connectivity index is 1.54. The second-order valence-electron chi connectivity index (χ2n) is 8.31. The molecule has 4 aromatic rings. The highest BCUT2D eigenvalue weighted by Gasteiger charge is 2.15. The smallest absolute Gasteiger partial charge is 0.287 e. The number of nitro groups is 1. The SMILES string of the molecule is Cc1ccccc1NC(=O)/C(C#N)=C\c1cc(C)n(-c2ccc(Oc3ccc([N+](=O)[O-])cn3)cc2)c1C. The van der Waals surface area contributed by atoms with E-state index in [0.717, 1.165) is 34.4 Å². The average molecular weight is 494 g/mol. The molecule has 37 heavy (non-hydrogen) atoms. The van der Waals surface area contributed by atoms with Crippen LogP contribution in [-0.4, -0.2) is 20.4 Å². The maximum Gasteiger partial charge on any atom is 0.287 e. The summed E-state index contributed by atoms with van der Waals surface area (Å²) in [4.78, 5) is 27.0. The van der Waals surface area contributed by atoms with Gasteiger partial charge in [-0.2, -0.15) is 5.26 Å². The summed E-state index contributed by atoms with van der Waals surface area (Å²) in [6.45, 7) is 5.74. The Hall–Kier alpha value is -5.23. The number of amides is 1. The highest BCUT2D eigenvalue weighted by molar-refractivity contribution is 6.10. The number of hydrogen-bond acceptors (Lipinski definition) is 6. The number of benzene rings is 2. The molecule has 0 saturated heterocycles. The van der Waals surface area contributed by atoms with Crippen LogP contribution in [0.15, 0.2) is 78.5 Å². The Kier molecular flexibility index (Phi) is 7.11. The molecule has 9 nitrogen and oxygen atoms in total. The van der Waals surface area contributed by atoms with E-state index in [0.29, 0.717) is 11.4 Å². The Morgan fingerprint density at radius 3 is 2.46 bits per heavy atom. The minimum atomic E-state index is -0.521. The Morgan fingerprint density at radius 2 is 1.84 bits per heavy atom. The number of rotatable bonds is 7. The highest BCUT2D eigenvalue weighted by atomic mass is 16.6. The van der Waals surface area contributed by atoms with E-state index in [1.54, 1.807) is 24.3 Å². The Bertz CT molecular complexity index is 1550. The third kappa shape index (κ3) is 5.55. The van der Waals surface area contributed by atoms with Gasteiger partial charge in [0.15, 0.2) is 0 Å². The van der Waals surface area contributed by atoms with Gasteiger partial charge < -0.3 is 14.6 Å². The summed E-state index contributed by atoms with van der Waals surface area (Å²) in [5.41, 5.74) is 4.85. The summed E-state index contributed by atoms with van der Waals surface area (Å²) < 4.78 is 7.70. The van der Waals surface area contributed by atoms with Crippen molar-refractivity contribution in [1.82, 2.24) is 9.55 Å². The number of nitriles is 1. The number of pyridine rings is 1. The van der Waals surface area contributed by atoms with Crippen molar-refractivity contribution < 1.29 is 14.5 Å². The number of anilines is 1. The van der Waals surface area contributed by atoms with E-state index in [1.165, 1.54) is 12.1 Å². The number of aryl methyl sites for hydroxylation is 2. The molecule has 0 atom stereocenters. The summed E-state index contributed by atoms with van der Waals surface area (Å²) >= 11 is 0. The first-order valence-corrected chi connectivity index (χ1v) is 11.3. The van der Waals surface area contributed by atoms with Gasteiger partial charge >= 0.3 is 0 Å². The van der Waals surface area contributed by atoms with Crippen molar-refractivity contribution in [2.24, 2.45) is 0 Å². The van der Waals surface area contributed by atoms with Gasteiger partial charge in [-0.05, 0) is 74.4 Å². The Morgan fingerprint density at radius 1 is 1.11 bits per heavy atom. The lowest BCUT2D eigenvalue weighted by Gasteiger charge is -2.11. The normalized spacial score (nSPS) is 11.0. The van der Waals surface area contributed by atoms with Gasteiger partial charge in [-0.25, -0.2) is 4.98 Å². The van der Waals surface area contributed by atoms with Crippen molar-refractivity contribution in [3.63, 3.8) is 0 Å². The maximum absolute atomic E-state index is 12.8. The number of nitrogens with one attached hydrogen (secondary N) is 1. The van der Waals surface area contributed by atoms with E-state index in [-0.39, 0.29) is 17.1 Å². The second-order valence-corrected chi connectivity index (χ2v) is 8.31. The van der Waals surface area contributed by atoms with E-state index >= 15 is 0 Å². The number of nitrogens with zero attached hydrogens (tertiary/aromatic N) is 4. The third-order valence-corrected chi connectivity index (χ3v) is 5.78. The fourth-order valence-electron chi connectivity index (χ4n) is 3.86. The number of aromatic nitrogens is 2. The van der Waals surface area contributed by atoms with Crippen LogP contribution in [0.1, 0.15) is 22.5 Å². The van der Waals surface area contributed by atoms with Crippen molar-refractivity contribution in [3.05, 3.63) is 111 Å². The monoisotopic (exact) mass is 493 g/mol. The molecule has 184 valence electrons. The molecular formula is C28H23N5O4. The first-order chi connectivity index (χ1) is 17.8. The lowest BCUT2D eigenvalue weighted by Crippen LogP contribution is -2.14. The van der Waals surface area contributed by atoms with Gasteiger partial charge in [0.25, 0.3) is 11.6 Å². The predicted molar refractivity (Wildman–Crippen MR) is 140 cm³/mol. The number of carbonyl (C=O) groups is 1. The van der Waals surface area contributed by atoms with Gasteiger partial charge in [0.05, 0.1) is 4.92 Å². The van der Waals surface area contributed by atoms with Crippen LogP contribution in [0.2, 0.25) is 0 Å². The van der Waals surface area contributed by atoms with Gasteiger partial charge in [-0.1, -0.05) is 18.2 Å². The molecular weight excluding hydrogens is 470 g/mol. The average Bonchev–Trinajstić information content (AvgIpc) is 3.17. The summed E-state index contributed by atoms with van der Waals surface area (Å²) in [5.74, 6) is 0.294. The minimum absolute atomic E-state index is 0.00264. The van der Waals surface area contributed by atoms with E-state index in [9.17, 15) is 20.2 Å². The molecule has 2 aromatic carbocycles. The molecule has 0 saturated carbocycles. The molecule has 9 heteroatoms. The zero-order valence-corrected chi connectivity index (χ0v) is 20.4. The van der Waals surface area contributed by atoms with Crippen LogP contribution in [-0.2, 0) is 4.79 Å². The largest absolute Gasteiger partial charge is 0.439 e.